The number of hydrogen-bond donors (Lipinski definition) is 1. The number of amides is 1. The molecular weight excluding hydrogens is 452 g/mol. The number of rotatable bonds is 11. The molecule has 3 aromatic rings. The standard InChI is InChI=1S/C26H30N2O5S/c1-20(2)24-14-7-8-15-25(24)33-17-16-27-26(29)19-28(21-10-9-11-22(18-21)32-3)34(30,31)23-12-5-4-6-13-23/h4-15,18,20H,16-17,19H2,1-3H3,(H,27,29). The van der Waals surface area contributed by atoms with Crippen LogP contribution in [-0.4, -0.2) is 41.1 Å². The van der Waals surface area contributed by atoms with Crippen molar-refractivity contribution in [1.29, 1.82) is 0 Å². The highest BCUT2D eigenvalue weighted by Gasteiger charge is 2.27. The molecule has 0 spiro atoms. The Morgan fingerprint density at radius 2 is 1.68 bits per heavy atom. The zero-order chi connectivity index (χ0) is 24.6. The molecule has 0 heterocycles. The molecule has 0 radical (unpaired) electrons. The Morgan fingerprint density at radius 1 is 0.971 bits per heavy atom. The Hall–Kier alpha value is -3.52. The fourth-order valence-corrected chi connectivity index (χ4v) is 4.86. The molecule has 0 aromatic heterocycles. The molecule has 0 fully saturated rings. The molecule has 8 heteroatoms. The third-order valence-corrected chi connectivity index (χ3v) is 6.97. The Bertz CT molecular complexity index is 1200. The average molecular weight is 483 g/mol. The van der Waals surface area contributed by atoms with E-state index in [9.17, 15) is 13.2 Å². The molecule has 180 valence electrons. The predicted octanol–water partition coefficient (Wildman–Crippen LogP) is 4.21. The van der Waals surface area contributed by atoms with Crippen LogP contribution in [0, 0.1) is 0 Å². The number of methoxy groups -OCH3 is 1. The van der Waals surface area contributed by atoms with Gasteiger partial charge in [-0.2, -0.15) is 0 Å². The van der Waals surface area contributed by atoms with Crippen molar-refractivity contribution < 1.29 is 22.7 Å². The van der Waals surface area contributed by atoms with Crippen LogP contribution >= 0.6 is 0 Å². The van der Waals surface area contributed by atoms with E-state index in [0.717, 1.165) is 15.6 Å². The molecule has 3 rings (SSSR count). The summed E-state index contributed by atoms with van der Waals surface area (Å²) in [5.41, 5.74) is 1.42. The highest BCUT2D eigenvalue weighted by atomic mass is 32.2. The Morgan fingerprint density at radius 3 is 2.38 bits per heavy atom. The maximum atomic E-state index is 13.4. The van der Waals surface area contributed by atoms with E-state index in [0.29, 0.717) is 17.4 Å². The lowest BCUT2D eigenvalue weighted by Crippen LogP contribution is -2.41. The number of ether oxygens (including phenoxy) is 2. The molecule has 3 aromatic carbocycles. The first-order valence-corrected chi connectivity index (χ1v) is 12.5. The molecule has 0 atom stereocenters. The highest BCUT2D eigenvalue weighted by molar-refractivity contribution is 7.92. The minimum Gasteiger partial charge on any atom is -0.497 e. The molecule has 0 aliphatic rings. The van der Waals surface area contributed by atoms with Gasteiger partial charge in [-0.15, -0.1) is 0 Å². The van der Waals surface area contributed by atoms with Gasteiger partial charge < -0.3 is 14.8 Å². The van der Waals surface area contributed by atoms with Crippen LogP contribution in [-0.2, 0) is 14.8 Å². The van der Waals surface area contributed by atoms with Gasteiger partial charge in [0.2, 0.25) is 5.91 Å². The van der Waals surface area contributed by atoms with Crippen molar-refractivity contribution in [3.63, 3.8) is 0 Å². The third kappa shape index (κ3) is 6.29. The van der Waals surface area contributed by atoms with Crippen LogP contribution in [0.25, 0.3) is 0 Å². The number of sulfonamides is 1. The fraction of sp³-hybridized carbons (Fsp3) is 0.269. The van der Waals surface area contributed by atoms with Gasteiger partial charge in [-0.3, -0.25) is 9.10 Å². The summed E-state index contributed by atoms with van der Waals surface area (Å²) in [7, 11) is -2.48. The fourth-order valence-electron chi connectivity index (χ4n) is 3.43. The summed E-state index contributed by atoms with van der Waals surface area (Å²) in [4.78, 5) is 12.8. The van der Waals surface area contributed by atoms with Crippen LogP contribution in [0.4, 0.5) is 5.69 Å². The van der Waals surface area contributed by atoms with E-state index in [1.165, 1.54) is 19.2 Å². The van der Waals surface area contributed by atoms with Gasteiger partial charge in [0.25, 0.3) is 10.0 Å². The van der Waals surface area contributed by atoms with E-state index in [1.54, 1.807) is 42.5 Å². The summed E-state index contributed by atoms with van der Waals surface area (Å²) in [5, 5.41) is 2.75. The summed E-state index contributed by atoms with van der Waals surface area (Å²) in [6, 6.07) is 22.4. The quantitative estimate of drug-likeness (QED) is 0.414. The maximum Gasteiger partial charge on any atom is 0.264 e. The van der Waals surface area contributed by atoms with Gasteiger partial charge >= 0.3 is 0 Å². The first-order chi connectivity index (χ1) is 16.3. The number of para-hydroxylation sites is 1. The van der Waals surface area contributed by atoms with Crippen LogP contribution in [0.2, 0.25) is 0 Å². The van der Waals surface area contributed by atoms with Crippen LogP contribution in [0.3, 0.4) is 0 Å². The topological polar surface area (TPSA) is 84.9 Å². The zero-order valence-electron chi connectivity index (χ0n) is 19.6. The van der Waals surface area contributed by atoms with Crippen molar-refractivity contribution in [3.8, 4) is 11.5 Å². The molecule has 34 heavy (non-hydrogen) atoms. The number of carbonyl (C=O) groups is 1. The van der Waals surface area contributed by atoms with Crippen LogP contribution in [0.1, 0.15) is 25.3 Å². The van der Waals surface area contributed by atoms with Gasteiger partial charge in [-0.05, 0) is 41.8 Å². The van der Waals surface area contributed by atoms with Gasteiger partial charge in [0, 0.05) is 6.07 Å². The van der Waals surface area contributed by atoms with E-state index in [-0.39, 0.29) is 24.6 Å². The summed E-state index contributed by atoms with van der Waals surface area (Å²) in [6.45, 7) is 4.30. The van der Waals surface area contributed by atoms with Crippen LogP contribution in [0.5, 0.6) is 11.5 Å². The summed E-state index contributed by atoms with van der Waals surface area (Å²) in [6.07, 6.45) is 0. The molecule has 0 unspecified atom stereocenters. The summed E-state index contributed by atoms with van der Waals surface area (Å²) in [5.74, 6) is 1.13. The summed E-state index contributed by atoms with van der Waals surface area (Å²) >= 11 is 0. The second-order valence-electron chi connectivity index (χ2n) is 7.92. The number of nitrogens with one attached hydrogen (secondary N) is 1. The van der Waals surface area contributed by atoms with E-state index in [2.05, 4.69) is 19.2 Å². The minimum atomic E-state index is -3.98. The molecule has 0 bridgehead atoms. The maximum absolute atomic E-state index is 13.4. The van der Waals surface area contributed by atoms with Crippen molar-refractivity contribution in [2.45, 2.75) is 24.7 Å². The van der Waals surface area contributed by atoms with E-state index in [1.807, 2.05) is 24.3 Å². The third-order valence-electron chi connectivity index (χ3n) is 5.18. The first-order valence-electron chi connectivity index (χ1n) is 11.0. The van der Waals surface area contributed by atoms with E-state index < -0.39 is 15.9 Å². The normalized spacial score (nSPS) is 11.2. The molecule has 0 aliphatic carbocycles. The average Bonchev–Trinajstić information content (AvgIpc) is 2.85. The van der Waals surface area contributed by atoms with Crippen LogP contribution in [0.15, 0.2) is 83.8 Å². The molecule has 0 saturated heterocycles. The lowest BCUT2D eigenvalue weighted by atomic mass is 10.0. The number of anilines is 1. The Balaban J connectivity index is 1.71. The molecule has 7 nitrogen and oxygen atoms in total. The van der Waals surface area contributed by atoms with Crippen LogP contribution < -0.4 is 19.1 Å². The van der Waals surface area contributed by atoms with Gasteiger partial charge in [-0.1, -0.05) is 56.3 Å². The number of nitrogens with zero attached hydrogens (tertiary/aromatic N) is 1. The Kier molecular flexibility index (Phi) is 8.54. The van der Waals surface area contributed by atoms with Crippen molar-refractivity contribution in [1.82, 2.24) is 5.32 Å². The van der Waals surface area contributed by atoms with Crippen molar-refractivity contribution in [2.24, 2.45) is 0 Å². The van der Waals surface area contributed by atoms with Gasteiger partial charge in [0.1, 0.15) is 24.7 Å². The van der Waals surface area contributed by atoms with Gasteiger partial charge in [-0.25, -0.2) is 8.42 Å². The second kappa shape index (κ2) is 11.6. The Labute approximate surface area is 201 Å². The van der Waals surface area contributed by atoms with Crippen molar-refractivity contribution in [2.75, 3.05) is 31.1 Å². The van der Waals surface area contributed by atoms with Gasteiger partial charge in [0.15, 0.2) is 0 Å². The largest absolute Gasteiger partial charge is 0.497 e. The SMILES string of the molecule is COc1cccc(N(CC(=O)NCCOc2ccccc2C(C)C)S(=O)(=O)c2ccccc2)c1. The lowest BCUT2D eigenvalue weighted by Gasteiger charge is -2.24. The van der Waals surface area contributed by atoms with Crippen molar-refractivity contribution in [3.05, 3.63) is 84.4 Å². The monoisotopic (exact) mass is 482 g/mol. The zero-order valence-corrected chi connectivity index (χ0v) is 20.4. The highest BCUT2D eigenvalue weighted by Crippen LogP contribution is 2.27. The molecule has 1 N–H and O–H groups in total. The predicted molar refractivity (Wildman–Crippen MR) is 133 cm³/mol. The molecule has 0 aliphatic heterocycles. The number of carbonyl (C=O) groups excluding carboxylic acids is 1. The van der Waals surface area contributed by atoms with E-state index >= 15 is 0 Å². The summed E-state index contributed by atoms with van der Waals surface area (Å²) < 4.78 is 38.9. The number of benzene rings is 3. The van der Waals surface area contributed by atoms with E-state index in [4.69, 9.17) is 9.47 Å². The van der Waals surface area contributed by atoms with Gasteiger partial charge in [0.05, 0.1) is 24.2 Å². The molecule has 1 amide bonds. The number of hydrogen-bond acceptors (Lipinski definition) is 5. The molecule has 0 saturated carbocycles. The minimum absolute atomic E-state index is 0.0965. The molecular formula is C26H30N2O5S. The lowest BCUT2D eigenvalue weighted by molar-refractivity contribution is -0.119. The smallest absolute Gasteiger partial charge is 0.264 e. The first kappa shape index (κ1) is 25.1. The second-order valence-corrected chi connectivity index (χ2v) is 9.78. The van der Waals surface area contributed by atoms with Crippen molar-refractivity contribution >= 4 is 21.6 Å².